The van der Waals surface area contributed by atoms with Crippen molar-refractivity contribution in [3.63, 3.8) is 0 Å². The lowest BCUT2D eigenvalue weighted by atomic mass is 9.78. The fourth-order valence-electron chi connectivity index (χ4n) is 2.36. The van der Waals surface area contributed by atoms with Crippen molar-refractivity contribution in [1.29, 1.82) is 0 Å². The molecule has 3 N–H and O–H groups in total. The normalized spacial score (nSPS) is 24.9. The Kier molecular flexibility index (Phi) is 2.74. The van der Waals surface area contributed by atoms with Gasteiger partial charge >= 0.3 is 5.97 Å². The van der Waals surface area contributed by atoms with Crippen molar-refractivity contribution in [3.05, 3.63) is 23.8 Å². The summed E-state index contributed by atoms with van der Waals surface area (Å²) in [5, 5.41) is 9.42. The predicted octanol–water partition coefficient (Wildman–Crippen LogP) is 1.49. The molecule has 0 aromatic heterocycles. The molecule has 18 heavy (non-hydrogen) atoms. The molecule has 98 valence electrons. The minimum absolute atomic E-state index is 0.204. The summed E-state index contributed by atoms with van der Waals surface area (Å²) < 4.78 is 10.9. The van der Waals surface area contributed by atoms with Crippen molar-refractivity contribution in [3.8, 4) is 11.5 Å². The van der Waals surface area contributed by atoms with Crippen molar-refractivity contribution in [2.45, 2.75) is 31.4 Å². The first kappa shape index (κ1) is 12.7. The second-order valence-electron chi connectivity index (χ2n) is 5.18. The molecule has 0 spiro atoms. The van der Waals surface area contributed by atoms with E-state index in [1.54, 1.807) is 18.2 Å². The first-order valence-electron chi connectivity index (χ1n) is 5.68. The van der Waals surface area contributed by atoms with Crippen LogP contribution < -0.4 is 15.2 Å². The van der Waals surface area contributed by atoms with Crippen LogP contribution in [0.3, 0.4) is 0 Å². The van der Waals surface area contributed by atoms with Crippen LogP contribution in [0, 0.1) is 0 Å². The maximum absolute atomic E-state index is 11.5. The molecule has 0 amide bonds. The molecule has 5 nitrogen and oxygen atoms in total. The molecule has 2 rings (SSSR count). The van der Waals surface area contributed by atoms with E-state index in [1.807, 2.05) is 13.8 Å². The molecule has 1 atom stereocenters. The van der Waals surface area contributed by atoms with Gasteiger partial charge in [-0.15, -0.1) is 0 Å². The maximum Gasteiger partial charge on any atom is 0.328 e. The Morgan fingerprint density at radius 1 is 1.50 bits per heavy atom. The Hall–Kier alpha value is -1.75. The zero-order chi connectivity index (χ0) is 13.6. The summed E-state index contributed by atoms with van der Waals surface area (Å²) in [5.41, 5.74) is 4.46. The van der Waals surface area contributed by atoms with Crippen LogP contribution in [-0.2, 0) is 10.3 Å². The molecule has 1 aliphatic rings. The van der Waals surface area contributed by atoms with Crippen LogP contribution in [0.15, 0.2) is 18.2 Å². The summed E-state index contributed by atoms with van der Waals surface area (Å²) in [6, 6.07) is 5.04. The molecular formula is C13H17NO4. The highest BCUT2D eigenvalue weighted by atomic mass is 16.5. The Bertz CT molecular complexity index is 498. The Morgan fingerprint density at radius 2 is 2.17 bits per heavy atom. The summed E-state index contributed by atoms with van der Waals surface area (Å²) in [6.07, 6.45) is 0.204. The van der Waals surface area contributed by atoms with E-state index in [4.69, 9.17) is 15.2 Å². The van der Waals surface area contributed by atoms with E-state index in [0.717, 1.165) is 0 Å². The second kappa shape index (κ2) is 3.88. The van der Waals surface area contributed by atoms with E-state index >= 15 is 0 Å². The third kappa shape index (κ3) is 1.90. The van der Waals surface area contributed by atoms with Gasteiger partial charge in [0.1, 0.15) is 22.6 Å². The summed E-state index contributed by atoms with van der Waals surface area (Å²) in [6.45, 7) is 3.65. The molecule has 0 saturated heterocycles. The van der Waals surface area contributed by atoms with Crippen molar-refractivity contribution in [1.82, 2.24) is 0 Å². The summed E-state index contributed by atoms with van der Waals surface area (Å²) in [5.74, 6) is -0.00143. The number of rotatable bonds is 2. The highest BCUT2D eigenvalue weighted by Gasteiger charge is 2.48. The molecule has 0 aliphatic carbocycles. The number of ether oxygens (including phenoxy) is 2. The number of hydrogen-bond donors (Lipinski definition) is 2. The van der Waals surface area contributed by atoms with Gasteiger partial charge in [0.05, 0.1) is 7.11 Å². The number of fused-ring (bicyclic) bond motifs is 1. The van der Waals surface area contributed by atoms with Gasteiger partial charge in [-0.3, -0.25) is 0 Å². The van der Waals surface area contributed by atoms with Crippen LogP contribution in [0.25, 0.3) is 0 Å². The van der Waals surface area contributed by atoms with Crippen molar-refractivity contribution in [2.75, 3.05) is 7.11 Å². The summed E-state index contributed by atoms with van der Waals surface area (Å²) in [7, 11) is 1.52. The zero-order valence-corrected chi connectivity index (χ0v) is 10.7. The number of methoxy groups -OCH3 is 1. The SMILES string of the molecule is COc1ccc2c(c1)C(N)(C(=O)O)CC(C)(C)O2. The predicted molar refractivity (Wildman–Crippen MR) is 65.8 cm³/mol. The molecule has 1 aromatic rings. The van der Waals surface area contributed by atoms with Crippen molar-refractivity contribution < 1.29 is 19.4 Å². The van der Waals surface area contributed by atoms with Gasteiger partial charge in [0.2, 0.25) is 0 Å². The van der Waals surface area contributed by atoms with Gasteiger partial charge in [-0.25, -0.2) is 4.79 Å². The molecule has 0 fully saturated rings. The minimum Gasteiger partial charge on any atom is -0.497 e. The van der Waals surface area contributed by atoms with E-state index in [1.165, 1.54) is 7.11 Å². The number of carbonyl (C=O) groups is 1. The minimum atomic E-state index is -1.45. The van der Waals surface area contributed by atoms with Gasteiger partial charge in [-0.1, -0.05) is 0 Å². The van der Waals surface area contributed by atoms with E-state index in [2.05, 4.69) is 0 Å². The molecule has 5 heteroatoms. The molecule has 1 aromatic carbocycles. The van der Waals surface area contributed by atoms with Crippen LogP contribution in [-0.4, -0.2) is 23.8 Å². The summed E-state index contributed by atoms with van der Waals surface area (Å²) >= 11 is 0. The van der Waals surface area contributed by atoms with E-state index in [9.17, 15) is 9.90 Å². The first-order chi connectivity index (χ1) is 8.28. The molecular weight excluding hydrogens is 234 g/mol. The average Bonchev–Trinajstić information content (AvgIpc) is 2.27. The maximum atomic E-state index is 11.5. The molecule has 0 radical (unpaired) electrons. The molecule has 0 bridgehead atoms. The third-order valence-electron chi connectivity index (χ3n) is 3.14. The highest BCUT2D eigenvalue weighted by molar-refractivity contribution is 5.82. The van der Waals surface area contributed by atoms with Crippen molar-refractivity contribution in [2.24, 2.45) is 5.73 Å². The van der Waals surface area contributed by atoms with Gasteiger partial charge in [0, 0.05) is 12.0 Å². The smallest absolute Gasteiger partial charge is 0.328 e. The lowest BCUT2D eigenvalue weighted by molar-refractivity contribution is -0.147. The molecule has 1 aliphatic heterocycles. The number of carboxylic acid groups (broad SMARTS) is 1. The van der Waals surface area contributed by atoms with Gasteiger partial charge in [0.15, 0.2) is 0 Å². The monoisotopic (exact) mass is 251 g/mol. The largest absolute Gasteiger partial charge is 0.497 e. The highest BCUT2D eigenvalue weighted by Crippen LogP contribution is 2.43. The van der Waals surface area contributed by atoms with Gasteiger partial charge in [-0.2, -0.15) is 0 Å². The standard InChI is InChI=1S/C13H17NO4/c1-12(2)7-13(14,11(15)16)9-6-8(17-3)4-5-10(9)18-12/h4-6H,7,14H2,1-3H3,(H,15,16). The fourth-order valence-corrected chi connectivity index (χ4v) is 2.36. The lowest BCUT2D eigenvalue weighted by Crippen LogP contribution is -2.54. The van der Waals surface area contributed by atoms with Gasteiger partial charge in [0.25, 0.3) is 0 Å². The lowest BCUT2D eigenvalue weighted by Gasteiger charge is -2.41. The topological polar surface area (TPSA) is 81.8 Å². The first-order valence-corrected chi connectivity index (χ1v) is 5.68. The van der Waals surface area contributed by atoms with E-state index in [0.29, 0.717) is 17.1 Å². The zero-order valence-electron chi connectivity index (χ0n) is 10.7. The number of nitrogens with two attached hydrogens (primary N) is 1. The Balaban J connectivity index is 2.61. The average molecular weight is 251 g/mol. The van der Waals surface area contributed by atoms with E-state index in [-0.39, 0.29) is 6.42 Å². The second-order valence-corrected chi connectivity index (χ2v) is 5.18. The fraction of sp³-hybridized carbons (Fsp3) is 0.462. The van der Waals surface area contributed by atoms with Crippen molar-refractivity contribution >= 4 is 5.97 Å². The summed E-state index contributed by atoms with van der Waals surface area (Å²) in [4.78, 5) is 11.5. The number of aliphatic carboxylic acids is 1. The van der Waals surface area contributed by atoms with Gasteiger partial charge < -0.3 is 20.3 Å². The Morgan fingerprint density at radius 3 is 2.72 bits per heavy atom. The third-order valence-corrected chi connectivity index (χ3v) is 3.14. The Labute approximate surface area is 106 Å². The van der Waals surface area contributed by atoms with E-state index < -0.39 is 17.1 Å². The van der Waals surface area contributed by atoms with Crippen LogP contribution in [0.4, 0.5) is 0 Å². The number of benzene rings is 1. The van der Waals surface area contributed by atoms with Crippen LogP contribution >= 0.6 is 0 Å². The van der Waals surface area contributed by atoms with Crippen LogP contribution in [0.1, 0.15) is 25.8 Å². The van der Waals surface area contributed by atoms with Crippen LogP contribution in [0.2, 0.25) is 0 Å². The number of carboxylic acids is 1. The molecule has 0 saturated carbocycles. The molecule has 1 unspecified atom stereocenters. The quantitative estimate of drug-likeness (QED) is 0.832. The molecule has 1 heterocycles. The van der Waals surface area contributed by atoms with Gasteiger partial charge in [-0.05, 0) is 32.0 Å². The number of hydrogen-bond acceptors (Lipinski definition) is 4. The van der Waals surface area contributed by atoms with Crippen LogP contribution in [0.5, 0.6) is 11.5 Å².